The SMILES string of the molecule is CCS(=O)(=O)c1ccc(OC2CCN(C(C)=O)CC2)c(-c2cc3ccn(C)c(=O)c3[nH]2)c1. The number of aromatic amines is 1. The number of hydrogen-bond acceptors (Lipinski definition) is 5. The summed E-state index contributed by atoms with van der Waals surface area (Å²) in [5, 5.41) is 0.743. The third kappa shape index (κ3) is 4.17. The molecule has 0 bridgehead atoms. The molecule has 4 rings (SSSR count). The number of aryl methyl sites for hydroxylation is 1. The van der Waals surface area contributed by atoms with Gasteiger partial charge in [0.1, 0.15) is 17.4 Å². The van der Waals surface area contributed by atoms with Gasteiger partial charge in [-0.2, -0.15) is 0 Å². The molecule has 1 amide bonds. The van der Waals surface area contributed by atoms with Gasteiger partial charge in [-0.1, -0.05) is 6.92 Å². The average molecular weight is 458 g/mol. The number of nitrogens with one attached hydrogen (secondary N) is 1. The summed E-state index contributed by atoms with van der Waals surface area (Å²) in [6, 6.07) is 8.51. The first-order chi connectivity index (χ1) is 15.2. The van der Waals surface area contributed by atoms with Gasteiger partial charge in [0.2, 0.25) is 5.91 Å². The minimum absolute atomic E-state index is 0.0105. The van der Waals surface area contributed by atoms with Crippen LogP contribution in [0.5, 0.6) is 5.75 Å². The van der Waals surface area contributed by atoms with Crippen molar-refractivity contribution in [3.05, 3.63) is 46.9 Å². The highest BCUT2D eigenvalue weighted by Crippen LogP contribution is 2.35. The maximum atomic E-state index is 12.5. The lowest BCUT2D eigenvalue weighted by Gasteiger charge is -2.32. The van der Waals surface area contributed by atoms with E-state index >= 15 is 0 Å². The summed E-state index contributed by atoms with van der Waals surface area (Å²) in [6.45, 7) is 4.42. The largest absolute Gasteiger partial charge is 0.490 e. The van der Waals surface area contributed by atoms with E-state index in [1.165, 1.54) is 4.57 Å². The van der Waals surface area contributed by atoms with Crippen LogP contribution in [0.25, 0.3) is 22.2 Å². The molecule has 2 aromatic heterocycles. The monoisotopic (exact) mass is 457 g/mol. The maximum Gasteiger partial charge on any atom is 0.274 e. The Hall–Kier alpha value is -3.07. The van der Waals surface area contributed by atoms with Crippen LogP contribution < -0.4 is 10.3 Å². The predicted molar refractivity (Wildman–Crippen MR) is 123 cm³/mol. The Morgan fingerprint density at radius 1 is 1.19 bits per heavy atom. The first-order valence-corrected chi connectivity index (χ1v) is 12.3. The molecule has 1 N–H and O–H groups in total. The predicted octanol–water partition coefficient (Wildman–Crippen LogP) is 2.72. The molecule has 0 spiro atoms. The van der Waals surface area contributed by atoms with Crippen LogP contribution in [0.4, 0.5) is 0 Å². The molecule has 8 nitrogen and oxygen atoms in total. The van der Waals surface area contributed by atoms with Gasteiger partial charge in [-0.25, -0.2) is 8.42 Å². The molecule has 1 aliphatic rings. The molecule has 3 heterocycles. The third-order valence-electron chi connectivity index (χ3n) is 6.02. The zero-order valence-corrected chi connectivity index (χ0v) is 19.2. The lowest BCUT2D eigenvalue weighted by atomic mass is 10.1. The van der Waals surface area contributed by atoms with E-state index in [2.05, 4.69) is 4.98 Å². The minimum Gasteiger partial charge on any atom is -0.490 e. The van der Waals surface area contributed by atoms with Crippen molar-refractivity contribution in [2.24, 2.45) is 7.05 Å². The summed E-state index contributed by atoms with van der Waals surface area (Å²) < 4.78 is 32.8. The summed E-state index contributed by atoms with van der Waals surface area (Å²) in [4.78, 5) is 29.3. The zero-order valence-electron chi connectivity index (χ0n) is 18.4. The number of rotatable bonds is 5. The Morgan fingerprint density at radius 3 is 2.56 bits per heavy atom. The molecule has 1 aromatic carbocycles. The number of hydrogen-bond donors (Lipinski definition) is 1. The fourth-order valence-corrected chi connectivity index (χ4v) is 4.92. The number of piperidine rings is 1. The van der Waals surface area contributed by atoms with Gasteiger partial charge in [0, 0.05) is 57.0 Å². The highest BCUT2D eigenvalue weighted by Gasteiger charge is 2.24. The van der Waals surface area contributed by atoms with Crippen LogP contribution in [0.15, 0.2) is 46.2 Å². The lowest BCUT2D eigenvalue weighted by molar-refractivity contribution is -0.130. The van der Waals surface area contributed by atoms with Crippen molar-refractivity contribution in [2.45, 2.75) is 37.7 Å². The highest BCUT2D eigenvalue weighted by molar-refractivity contribution is 7.91. The summed E-state index contributed by atoms with van der Waals surface area (Å²) in [5.41, 5.74) is 1.50. The van der Waals surface area contributed by atoms with E-state index < -0.39 is 9.84 Å². The summed E-state index contributed by atoms with van der Waals surface area (Å²) in [7, 11) is -1.74. The summed E-state index contributed by atoms with van der Waals surface area (Å²) in [5.74, 6) is 0.589. The Balaban J connectivity index is 1.75. The third-order valence-corrected chi connectivity index (χ3v) is 7.75. The van der Waals surface area contributed by atoms with Gasteiger partial charge in [-0.3, -0.25) is 9.59 Å². The molecule has 0 radical (unpaired) electrons. The lowest BCUT2D eigenvalue weighted by Crippen LogP contribution is -2.40. The number of carbonyl (C=O) groups is 1. The molecule has 1 saturated heterocycles. The minimum atomic E-state index is -3.42. The van der Waals surface area contributed by atoms with Gasteiger partial charge in [0.25, 0.3) is 5.56 Å². The van der Waals surface area contributed by atoms with E-state index in [1.54, 1.807) is 50.2 Å². The van der Waals surface area contributed by atoms with Crippen LogP contribution in [0.2, 0.25) is 0 Å². The molecular weight excluding hydrogens is 430 g/mol. The second-order valence-electron chi connectivity index (χ2n) is 8.13. The van der Waals surface area contributed by atoms with Crippen LogP contribution in [-0.2, 0) is 21.7 Å². The Morgan fingerprint density at radius 2 is 1.91 bits per heavy atom. The number of aromatic nitrogens is 2. The summed E-state index contributed by atoms with van der Waals surface area (Å²) in [6.07, 6.45) is 3.00. The molecule has 9 heteroatoms. The molecule has 1 aliphatic heterocycles. The van der Waals surface area contributed by atoms with E-state index in [9.17, 15) is 18.0 Å². The molecule has 170 valence electrons. The number of H-pyrrole nitrogens is 1. The molecular formula is C23H27N3O5S. The standard InChI is InChI=1S/C23H27N3O5S/c1-4-32(29,30)18-5-6-21(31-17-8-11-26(12-9-17)15(2)27)19(14-18)20-13-16-7-10-25(3)23(28)22(16)24-20/h5-7,10,13-14,17,24H,4,8-9,11-12H2,1-3H3. The Labute approximate surface area is 186 Å². The normalized spacial score (nSPS) is 15.3. The number of sulfone groups is 1. The Bertz CT molecular complexity index is 1330. The van der Waals surface area contributed by atoms with E-state index in [0.29, 0.717) is 48.5 Å². The first kappa shape index (κ1) is 22.1. The van der Waals surface area contributed by atoms with Crippen molar-refractivity contribution < 1.29 is 17.9 Å². The highest BCUT2D eigenvalue weighted by atomic mass is 32.2. The van der Waals surface area contributed by atoms with Crippen molar-refractivity contribution in [3.63, 3.8) is 0 Å². The van der Waals surface area contributed by atoms with Crippen LogP contribution in [-0.4, -0.2) is 53.7 Å². The number of benzene rings is 1. The quantitative estimate of drug-likeness (QED) is 0.635. The number of carbonyl (C=O) groups excluding carboxylic acids is 1. The van der Waals surface area contributed by atoms with Crippen LogP contribution in [0.1, 0.15) is 26.7 Å². The van der Waals surface area contributed by atoms with Crippen molar-refractivity contribution in [3.8, 4) is 17.0 Å². The van der Waals surface area contributed by atoms with Crippen molar-refractivity contribution in [1.82, 2.24) is 14.5 Å². The number of amides is 1. The number of likely N-dealkylation sites (tertiary alicyclic amines) is 1. The maximum absolute atomic E-state index is 12.5. The number of fused-ring (bicyclic) bond motifs is 1. The molecule has 0 saturated carbocycles. The summed E-state index contributed by atoms with van der Waals surface area (Å²) >= 11 is 0. The van der Waals surface area contributed by atoms with Gasteiger partial charge >= 0.3 is 0 Å². The molecule has 0 aliphatic carbocycles. The molecule has 0 atom stereocenters. The number of ether oxygens (including phenoxy) is 1. The smallest absolute Gasteiger partial charge is 0.274 e. The van der Waals surface area contributed by atoms with E-state index in [1.807, 2.05) is 12.1 Å². The second-order valence-corrected chi connectivity index (χ2v) is 10.4. The van der Waals surface area contributed by atoms with Crippen LogP contribution >= 0.6 is 0 Å². The van der Waals surface area contributed by atoms with Crippen LogP contribution in [0.3, 0.4) is 0 Å². The fourth-order valence-electron chi connectivity index (χ4n) is 4.01. The van der Waals surface area contributed by atoms with E-state index in [4.69, 9.17) is 4.74 Å². The number of pyridine rings is 1. The van der Waals surface area contributed by atoms with Gasteiger partial charge in [-0.05, 0) is 30.3 Å². The number of nitrogens with zero attached hydrogens (tertiary/aromatic N) is 2. The van der Waals surface area contributed by atoms with Gasteiger partial charge < -0.3 is 19.2 Å². The van der Waals surface area contributed by atoms with Crippen molar-refractivity contribution in [2.75, 3.05) is 18.8 Å². The fraction of sp³-hybridized carbons (Fsp3) is 0.391. The second kappa shape index (κ2) is 8.46. The van der Waals surface area contributed by atoms with E-state index in [-0.39, 0.29) is 28.2 Å². The zero-order chi connectivity index (χ0) is 23.0. The van der Waals surface area contributed by atoms with Gasteiger partial charge in [0.05, 0.1) is 16.3 Å². The Kier molecular flexibility index (Phi) is 5.85. The van der Waals surface area contributed by atoms with Crippen molar-refractivity contribution in [1.29, 1.82) is 0 Å². The van der Waals surface area contributed by atoms with E-state index in [0.717, 1.165) is 5.39 Å². The molecule has 1 fully saturated rings. The molecule has 0 unspecified atom stereocenters. The topological polar surface area (TPSA) is 101 Å². The molecule has 3 aromatic rings. The molecule has 32 heavy (non-hydrogen) atoms. The average Bonchev–Trinajstić information content (AvgIpc) is 3.22. The first-order valence-electron chi connectivity index (χ1n) is 10.7. The van der Waals surface area contributed by atoms with Gasteiger partial charge in [0.15, 0.2) is 9.84 Å². The van der Waals surface area contributed by atoms with Crippen LogP contribution in [0, 0.1) is 0 Å². The van der Waals surface area contributed by atoms with Gasteiger partial charge in [-0.15, -0.1) is 0 Å². The van der Waals surface area contributed by atoms with Crippen molar-refractivity contribution >= 4 is 26.6 Å².